The first kappa shape index (κ1) is 77.7. The summed E-state index contributed by atoms with van der Waals surface area (Å²) in [6.07, 6.45) is -5.30. The van der Waals surface area contributed by atoms with Gasteiger partial charge in [0.2, 0.25) is 58.9 Å². The predicted molar refractivity (Wildman–Crippen MR) is 367 cm³/mol. The van der Waals surface area contributed by atoms with E-state index in [1.54, 1.807) is 72.8 Å². The number of amides is 11. The van der Waals surface area contributed by atoms with Gasteiger partial charge in [0.1, 0.15) is 65.9 Å². The number of hydrazine groups is 2. The number of guanidine groups is 1. The highest BCUT2D eigenvalue weighted by Crippen LogP contribution is 2.21. The number of hydrogen-bond acceptors (Lipinski definition) is 20. The summed E-state index contributed by atoms with van der Waals surface area (Å²) in [6.45, 7) is 1.02. The van der Waals surface area contributed by atoms with Crippen LogP contribution in [0.1, 0.15) is 60.4 Å². The van der Waals surface area contributed by atoms with Crippen LogP contribution in [-0.4, -0.2) is 176 Å². The summed E-state index contributed by atoms with van der Waals surface area (Å²) in [7, 11) is 0. The maximum Gasteiger partial charge on any atom is 0.373 e. The van der Waals surface area contributed by atoms with Crippen molar-refractivity contribution >= 4 is 99.4 Å². The molecular weight excluding hydrogens is 1340 g/mol. The van der Waals surface area contributed by atoms with Crippen LogP contribution in [0.3, 0.4) is 0 Å². The molecule has 35 nitrogen and oxygen atoms in total. The predicted octanol–water partition coefficient (Wildman–Crippen LogP) is -4.56. The summed E-state index contributed by atoms with van der Waals surface area (Å²) < 4.78 is 0. The number of aromatic nitrogens is 1. The maximum atomic E-state index is 15.3. The Balaban J connectivity index is 1.36. The molecule has 1 aliphatic rings. The number of para-hydroxylation sites is 1. The minimum Gasteiger partial charge on any atom is -0.508 e. The number of fused-ring (bicyclic) bond motifs is 1. The Kier molecular flexibility index (Phi) is 28.3. The van der Waals surface area contributed by atoms with Gasteiger partial charge in [-0.2, -0.15) is 0 Å². The fraction of sp³-hybridized carbons (Fsp3) is 0.309. The molecule has 544 valence electrons. The summed E-state index contributed by atoms with van der Waals surface area (Å²) in [5.74, 6) is -13.6. The second-order valence-electron chi connectivity index (χ2n) is 24.0. The van der Waals surface area contributed by atoms with Gasteiger partial charge in [0.15, 0.2) is 12.1 Å². The molecule has 11 amide bonds. The topological polar surface area (TPSA) is 576 Å². The van der Waals surface area contributed by atoms with Crippen LogP contribution in [0.5, 0.6) is 11.5 Å². The molecule has 6 aromatic rings. The Morgan fingerprint density at radius 2 is 1.08 bits per heavy atom. The van der Waals surface area contributed by atoms with Gasteiger partial charge in [-0.05, 0) is 90.8 Å². The molecule has 0 spiro atoms. The first-order chi connectivity index (χ1) is 49.1. The van der Waals surface area contributed by atoms with E-state index in [1.807, 2.05) is 10.7 Å². The van der Waals surface area contributed by atoms with Crippen LogP contribution in [0.2, 0.25) is 0 Å². The van der Waals surface area contributed by atoms with Crippen molar-refractivity contribution in [3.05, 3.63) is 167 Å². The SMILES string of the molecule is C[C@@H]1NC(=O)[C@@H](CC(N)=O)NC(=O)[C@@H](Cc2ccccc2)NC(=O)[C@@H](CCCN=C(N)N)NC(=O)[C@H](Cc2c[nH]c3ccccc23)NC(=O)[C@@H](NC(=O)[C@H](Cc2ccc(O)cc2)NN)CC(=O)NC(C(=O)NN[C@H](Cc2ccc(O)cc2)C(=O)C(=O)O)NC(=O)C(=O)[C@@H](Cc2ccccc2)NC1=O. The third kappa shape index (κ3) is 23.8. The number of hydrogen-bond donors (Lipinski definition) is 20. The van der Waals surface area contributed by atoms with E-state index in [4.69, 9.17) is 23.0 Å². The van der Waals surface area contributed by atoms with Crippen LogP contribution in [0.15, 0.2) is 145 Å². The van der Waals surface area contributed by atoms with Crippen LogP contribution in [0.25, 0.3) is 10.9 Å². The summed E-state index contributed by atoms with van der Waals surface area (Å²) >= 11 is 0. The van der Waals surface area contributed by atoms with Gasteiger partial charge >= 0.3 is 5.97 Å². The van der Waals surface area contributed by atoms with Gasteiger partial charge in [-0.15, -0.1) is 0 Å². The molecule has 0 bridgehead atoms. The average molecular weight is 1420 g/mol. The second kappa shape index (κ2) is 37.5. The Hall–Kier alpha value is -12.6. The standard InChI is InChI=1S/C68H80N18O17/c1-35-58(93)77-46(27-36-11-4-2-5-12-36)55(91)65(100)83-57(66(101)86-85-47(56(92)67(102)103)28-38-18-22-41(87)23-19-38)82-54(90)33-51(81-64(99)52(84-72)30-39-20-24-42(88)25-21-39)63(98)79-49(31-40-34-74-44-16-9-8-15-43(40)44)62(97)76-45(17-10-26-73-68(70)71)59(94)78-48(29-37-13-6-3-7-14-37)61(96)80-50(32-53(69)89)60(95)75-35/h2-9,11-16,18-25,34-35,45-52,57,74,84-85,87-88H,10,17,26-33,72H2,1H3,(H2,69,89)(H,75,95)(H,76,97)(H,77,93)(H,78,94)(H,79,98)(H,80,96)(H,81,99)(H,82,90)(H,83,100)(H,86,101)(H,102,103)(H4,70,71,73)/t35-,45+,46+,47+,48+,49-,50+,51-,52-,57?/m0/s1. The summed E-state index contributed by atoms with van der Waals surface area (Å²) in [6, 6.07) is 17.4. The van der Waals surface area contributed by atoms with E-state index < -0.39 is 175 Å². The van der Waals surface area contributed by atoms with Crippen LogP contribution in [0, 0.1) is 0 Å². The number of nitrogens with two attached hydrogens (primary N) is 4. The molecule has 0 radical (unpaired) electrons. The number of phenols is 2. The maximum absolute atomic E-state index is 15.3. The van der Waals surface area contributed by atoms with Crippen LogP contribution < -0.4 is 87.2 Å². The zero-order chi connectivity index (χ0) is 74.9. The number of carboxylic acids is 1. The molecule has 103 heavy (non-hydrogen) atoms. The quantitative estimate of drug-likeness (QED) is 0.00677. The van der Waals surface area contributed by atoms with E-state index in [1.165, 1.54) is 66.9 Å². The number of aromatic hydroxyl groups is 2. The van der Waals surface area contributed by atoms with E-state index in [2.05, 4.69) is 63.4 Å². The van der Waals surface area contributed by atoms with Crippen LogP contribution in [-0.2, 0) is 99.2 Å². The molecule has 0 saturated carbocycles. The number of carbonyl (C=O) groups is 14. The average Bonchev–Trinajstić information content (AvgIpc) is 1.74. The number of carboxylic acid groups (broad SMARTS) is 1. The van der Waals surface area contributed by atoms with Gasteiger partial charge in [0.25, 0.3) is 17.6 Å². The van der Waals surface area contributed by atoms with E-state index >= 15 is 9.59 Å². The summed E-state index contributed by atoms with van der Waals surface area (Å²) in [5, 5.41) is 51.9. The smallest absolute Gasteiger partial charge is 0.373 e. The van der Waals surface area contributed by atoms with Gasteiger partial charge in [-0.3, -0.25) is 78.6 Å². The minimum atomic E-state index is -2.50. The Morgan fingerprint density at radius 1 is 0.563 bits per heavy atom. The molecule has 1 aliphatic heterocycles. The van der Waals surface area contributed by atoms with Gasteiger partial charge in [-0.1, -0.05) is 103 Å². The molecule has 5 aromatic carbocycles. The largest absolute Gasteiger partial charge is 0.508 e. The third-order valence-electron chi connectivity index (χ3n) is 16.2. The lowest BCUT2D eigenvalue weighted by atomic mass is 10.0. The fourth-order valence-electron chi connectivity index (χ4n) is 10.8. The Morgan fingerprint density at radius 3 is 1.66 bits per heavy atom. The third-order valence-corrected chi connectivity index (χ3v) is 16.2. The number of carbonyl (C=O) groups excluding carboxylic acids is 13. The monoisotopic (exact) mass is 1420 g/mol. The van der Waals surface area contributed by atoms with Gasteiger partial charge in [-0.25, -0.2) is 15.6 Å². The molecule has 7 rings (SSSR count). The molecule has 35 heteroatoms. The molecule has 1 saturated heterocycles. The number of Topliss-reactive ketones (excluding diaryl/α,β-unsaturated/α-hetero) is 2. The number of aliphatic imine (C=N–C) groups is 1. The lowest BCUT2D eigenvalue weighted by Crippen LogP contribution is -2.64. The van der Waals surface area contributed by atoms with Crippen molar-refractivity contribution in [2.75, 3.05) is 6.54 Å². The van der Waals surface area contributed by atoms with Crippen molar-refractivity contribution in [1.29, 1.82) is 0 Å². The molecule has 10 atom stereocenters. The van der Waals surface area contributed by atoms with Gasteiger partial charge < -0.3 is 85.4 Å². The van der Waals surface area contributed by atoms with Crippen molar-refractivity contribution in [3.8, 4) is 11.5 Å². The molecule has 2 heterocycles. The van der Waals surface area contributed by atoms with Crippen molar-refractivity contribution < 1.29 is 82.4 Å². The number of nitrogens with zero attached hydrogens (tertiary/aromatic N) is 1. The zero-order valence-electron chi connectivity index (χ0n) is 55.4. The molecule has 1 aromatic heterocycles. The molecule has 1 fully saturated rings. The highest BCUT2D eigenvalue weighted by atomic mass is 16.4. The lowest BCUT2D eigenvalue weighted by molar-refractivity contribution is -0.150. The first-order valence-corrected chi connectivity index (χ1v) is 32.2. The molecule has 24 N–H and O–H groups in total. The number of aliphatic carboxylic acids is 1. The van der Waals surface area contributed by atoms with Gasteiger partial charge in [0.05, 0.1) is 12.8 Å². The Labute approximate surface area is 587 Å². The van der Waals surface area contributed by atoms with E-state index in [0.29, 0.717) is 33.2 Å². The number of benzene rings is 5. The highest BCUT2D eigenvalue weighted by Gasteiger charge is 2.39. The van der Waals surface area contributed by atoms with E-state index in [9.17, 15) is 72.9 Å². The van der Waals surface area contributed by atoms with Crippen LogP contribution in [0.4, 0.5) is 0 Å². The second-order valence-corrected chi connectivity index (χ2v) is 24.0. The fourth-order valence-corrected chi connectivity index (χ4v) is 10.8. The van der Waals surface area contributed by atoms with Gasteiger partial charge in [0, 0.05) is 42.9 Å². The van der Waals surface area contributed by atoms with Crippen molar-refractivity contribution in [3.63, 3.8) is 0 Å². The number of phenolic OH excluding ortho intramolecular Hbond substituents is 2. The number of nitrogens with one attached hydrogen (secondary N) is 13. The number of ketones is 2. The van der Waals surface area contributed by atoms with E-state index in [-0.39, 0.29) is 55.3 Å². The first-order valence-electron chi connectivity index (χ1n) is 32.2. The number of primary amides is 1. The minimum absolute atomic E-state index is 0.0286. The molecule has 0 aliphatic carbocycles. The summed E-state index contributed by atoms with van der Waals surface area (Å²) in [4.78, 5) is 207. The van der Waals surface area contributed by atoms with E-state index in [0.717, 1.165) is 6.92 Å². The normalized spacial score (nSPS) is 20.5. The molecule has 1 unspecified atom stereocenters. The highest BCUT2D eigenvalue weighted by molar-refractivity contribution is 6.39. The Bertz CT molecular complexity index is 4100. The van der Waals surface area contributed by atoms with Crippen molar-refractivity contribution in [2.45, 2.75) is 125 Å². The van der Waals surface area contributed by atoms with Crippen molar-refractivity contribution in [1.82, 2.24) is 69.1 Å². The molecular formula is C68H80N18O17. The van der Waals surface area contributed by atoms with Crippen molar-refractivity contribution in [2.24, 2.45) is 28.0 Å². The lowest BCUT2D eigenvalue weighted by Gasteiger charge is -2.28. The number of aromatic amines is 1. The number of rotatable bonds is 24. The zero-order valence-corrected chi connectivity index (χ0v) is 55.4. The summed E-state index contributed by atoms with van der Waals surface area (Å²) in [5.41, 5.74) is 25.9. The van der Waals surface area contributed by atoms with Crippen LogP contribution >= 0.6 is 0 Å². The number of H-pyrrole nitrogens is 1.